The monoisotopic (exact) mass is 277 g/mol. The van der Waals surface area contributed by atoms with Crippen molar-refractivity contribution in [2.24, 2.45) is 4.99 Å². The van der Waals surface area contributed by atoms with Crippen LogP contribution in [-0.4, -0.2) is 18.2 Å². The highest BCUT2D eigenvalue weighted by molar-refractivity contribution is 8.29. The van der Waals surface area contributed by atoms with E-state index in [4.69, 9.17) is 4.99 Å². The lowest BCUT2D eigenvalue weighted by atomic mass is 9.98. The molecule has 0 spiro atoms. The number of hydrogen-bond donors (Lipinski definition) is 0. The summed E-state index contributed by atoms with van der Waals surface area (Å²) in [5, 5.41) is 0.672. The summed E-state index contributed by atoms with van der Waals surface area (Å²) in [4.78, 5) is 4.90. The number of rotatable bonds is 3. The van der Waals surface area contributed by atoms with Gasteiger partial charge in [-0.25, -0.2) is 0 Å². The predicted molar refractivity (Wildman–Crippen MR) is 86.7 cm³/mol. The van der Waals surface area contributed by atoms with Crippen LogP contribution in [-0.2, 0) is 0 Å². The molecule has 1 saturated carbocycles. The van der Waals surface area contributed by atoms with Gasteiger partial charge in [0, 0.05) is 11.0 Å². The molecule has 2 rings (SSSR count). The molecule has 1 fully saturated rings. The summed E-state index contributed by atoms with van der Waals surface area (Å²) >= 11 is 2.21. The Bertz CT molecular complexity index is 408. The zero-order valence-corrected chi connectivity index (χ0v) is 13.5. The van der Waals surface area contributed by atoms with Crippen molar-refractivity contribution in [2.45, 2.75) is 50.6 Å². The molecule has 0 aromatic heterocycles. The molecule has 1 aliphatic rings. The van der Waals surface area contributed by atoms with Crippen LogP contribution in [0.3, 0.4) is 0 Å². The molecule has 0 aliphatic heterocycles. The summed E-state index contributed by atoms with van der Waals surface area (Å²) in [6, 6.07) is 10.4. The van der Waals surface area contributed by atoms with Gasteiger partial charge in [0.15, 0.2) is 0 Å². The summed E-state index contributed by atoms with van der Waals surface area (Å²) < 4.78 is 0. The van der Waals surface area contributed by atoms with E-state index >= 15 is 0 Å². The van der Waals surface area contributed by atoms with Crippen LogP contribution in [0.5, 0.6) is 0 Å². The second-order valence-electron chi connectivity index (χ2n) is 5.90. The van der Waals surface area contributed by atoms with E-state index in [0.717, 1.165) is 5.69 Å². The third-order valence-corrected chi connectivity index (χ3v) is 7.52. The maximum Gasteiger partial charge on any atom is 0.109 e. The molecule has 0 heterocycles. The Morgan fingerprint density at radius 1 is 1.11 bits per heavy atom. The molecular weight excluding hydrogens is 254 g/mol. The van der Waals surface area contributed by atoms with Crippen LogP contribution >= 0.6 is 11.2 Å². The van der Waals surface area contributed by atoms with E-state index in [1.165, 1.54) is 31.4 Å². The first kappa shape index (κ1) is 13.9. The van der Waals surface area contributed by atoms with E-state index in [1.54, 1.807) is 0 Å². The Hall–Kier alpha value is -0.543. The second-order valence-corrected chi connectivity index (χ2v) is 15.3. The van der Waals surface area contributed by atoms with Gasteiger partial charge in [-0.05, 0) is 31.4 Å². The molecular formula is C15H23NSSi. The molecule has 18 heavy (non-hydrogen) atoms. The van der Waals surface area contributed by atoms with Gasteiger partial charge in [0.05, 0.1) is 5.69 Å². The Morgan fingerprint density at radius 2 is 1.83 bits per heavy atom. The van der Waals surface area contributed by atoms with Gasteiger partial charge in [0.25, 0.3) is 0 Å². The van der Waals surface area contributed by atoms with Crippen molar-refractivity contribution in [1.29, 1.82) is 0 Å². The third kappa shape index (κ3) is 4.29. The van der Waals surface area contributed by atoms with Crippen molar-refractivity contribution >= 4 is 29.8 Å². The summed E-state index contributed by atoms with van der Waals surface area (Å²) in [6.45, 7) is 7.31. The smallest absolute Gasteiger partial charge is 0.109 e. The van der Waals surface area contributed by atoms with Crippen molar-refractivity contribution in [3.05, 3.63) is 30.3 Å². The molecule has 0 bridgehead atoms. The van der Waals surface area contributed by atoms with Gasteiger partial charge >= 0.3 is 0 Å². The summed E-state index contributed by atoms with van der Waals surface area (Å²) in [6.07, 6.45) is 5.20. The van der Waals surface area contributed by atoms with Crippen molar-refractivity contribution in [3.63, 3.8) is 0 Å². The van der Waals surface area contributed by atoms with Crippen LogP contribution in [0.2, 0.25) is 19.6 Å². The lowest BCUT2D eigenvalue weighted by Gasteiger charge is -2.29. The van der Waals surface area contributed by atoms with E-state index in [9.17, 15) is 0 Å². The zero-order chi connectivity index (χ0) is 13.0. The van der Waals surface area contributed by atoms with Crippen LogP contribution < -0.4 is 0 Å². The normalized spacial score (nSPS) is 23.3. The van der Waals surface area contributed by atoms with Gasteiger partial charge in [-0.15, -0.1) is 0 Å². The van der Waals surface area contributed by atoms with Crippen LogP contribution in [0.4, 0.5) is 5.69 Å². The molecule has 0 N–H and O–H groups in total. The molecule has 1 atom stereocenters. The highest BCUT2D eigenvalue weighted by atomic mass is 32.4. The van der Waals surface area contributed by atoms with E-state index in [2.05, 4.69) is 61.2 Å². The first-order valence-corrected chi connectivity index (χ1v) is 12.0. The molecule has 3 heteroatoms. The fourth-order valence-corrected chi connectivity index (χ4v) is 7.08. The molecule has 0 saturated heterocycles. The molecule has 1 aromatic rings. The van der Waals surface area contributed by atoms with Crippen LogP contribution in [0, 0.1) is 0 Å². The highest BCUT2D eigenvalue weighted by Gasteiger charge is 2.27. The van der Waals surface area contributed by atoms with Gasteiger partial charge in [-0.3, -0.25) is 4.99 Å². The van der Waals surface area contributed by atoms with E-state index in [-0.39, 0.29) is 0 Å². The van der Waals surface area contributed by atoms with Crippen molar-refractivity contribution in [3.8, 4) is 0 Å². The van der Waals surface area contributed by atoms with Gasteiger partial charge in [-0.2, -0.15) is 11.2 Å². The number of hydrogen-bond acceptors (Lipinski definition) is 2. The molecule has 98 valence electrons. The number of aliphatic imine (C=N–C) groups is 1. The molecule has 0 radical (unpaired) electrons. The van der Waals surface area contributed by atoms with E-state index in [0.29, 0.717) is 5.25 Å². The van der Waals surface area contributed by atoms with E-state index in [1.807, 2.05) is 0 Å². The standard InChI is InChI=1S/C15H23NSSi/c1-18(2,3)17-15-12-8-7-11-14(15)16-13-9-5-4-6-10-13/h4-6,9-10,15H,7-8,11-12H2,1-3H3/b16-14+. The van der Waals surface area contributed by atoms with Crippen LogP contribution in [0.25, 0.3) is 0 Å². The largest absolute Gasteiger partial charge is 0.257 e. The Balaban J connectivity index is 2.15. The van der Waals surface area contributed by atoms with Crippen molar-refractivity contribution in [2.75, 3.05) is 0 Å². The minimum Gasteiger partial charge on any atom is -0.257 e. The van der Waals surface area contributed by atoms with E-state index < -0.39 is 7.22 Å². The fraction of sp³-hybridized carbons (Fsp3) is 0.533. The third-order valence-electron chi connectivity index (χ3n) is 3.05. The number of benzene rings is 1. The molecule has 1 aromatic carbocycles. The second kappa shape index (κ2) is 6.07. The Morgan fingerprint density at radius 3 is 2.50 bits per heavy atom. The van der Waals surface area contributed by atoms with Gasteiger partial charge < -0.3 is 0 Å². The van der Waals surface area contributed by atoms with Gasteiger partial charge in [0.2, 0.25) is 0 Å². The SMILES string of the molecule is C[Si](C)(C)SC1CCCC/C1=N\c1ccccc1. The average Bonchev–Trinajstić information content (AvgIpc) is 2.31. The maximum atomic E-state index is 4.90. The number of nitrogens with zero attached hydrogens (tertiary/aromatic N) is 1. The first-order valence-electron chi connectivity index (χ1n) is 6.85. The minimum atomic E-state index is -1.07. The lowest BCUT2D eigenvalue weighted by molar-refractivity contribution is 0.676. The maximum absolute atomic E-state index is 4.90. The van der Waals surface area contributed by atoms with Crippen LogP contribution in [0.15, 0.2) is 35.3 Å². The molecule has 1 nitrogen and oxygen atoms in total. The zero-order valence-electron chi connectivity index (χ0n) is 11.6. The molecule has 0 amide bonds. The molecule has 1 aliphatic carbocycles. The summed E-state index contributed by atoms with van der Waals surface area (Å²) in [5.74, 6) is 0. The summed E-state index contributed by atoms with van der Waals surface area (Å²) in [7, 11) is -1.07. The number of para-hydroxylation sites is 1. The topological polar surface area (TPSA) is 12.4 Å². The van der Waals surface area contributed by atoms with Gasteiger partial charge in [-0.1, -0.05) is 44.3 Å². The average molecular weight is 278 g/mol. The fourth-order valence-electron chi connectivity index (χ4n) is 2.31. The lowest BCUT2D eigenvalue weighted by Crippen LogP contribution is -2.29. The first-order chi connectivity index (χ1) is 8.54. The summed E-state index contributed by atoms with van der Waals surface area (Å²) in [5.41, 5.74) is 2.55. The van der Waals surface area contributed by atoms with Crippen molar-refractivity contribution < 1.29 is 0 Å². The molecule has 1 unspecified atom stereocenters. The Kier molecular flexibility index (Phi) is 4.68. The quantitative estimate of drug-likeness (QED) is 0.686. The predicted octanol–water partition coefficient (Wildman–Crippen LogP) is 5.27. The minimum absolute atomic E-state index is 0.672. The van der Waals surface area contributed by atoms with Crippen LogP contribution in [0.1, 0.15) is 25.7 Å². The Labute approximate surface area is 116 Å². The van der Waals surface area contributed by atoms with Crippen molar-refractivity contribution in [1.82, 2.24) is 0 Å². The van der Waals surface area contributed by atoms with Gasteiger partial charge in [0.1, 0.15) is 7.22 Å². The highest BCUT2D eigenvalue weighted by Crippen LogP contribution is 2.34.